The number of aromatic amines is 1. The summed E-state index contributed by atoms with van der Waals surface area (Å²) in [5, 5.41) is 5.40. The lowest BCUT2D eigenvalue weighted by atomic mass is 10.1. The van der Waals surface area contributed by atoms with Gasteiger partial charge in [-0.1, -0.05) is 61.5 Å². The summed E-state index contributed by atoms with van der Waals surface area (Å²) in [6, 6.07) is 23.8. The van der Waals surface area contributed by atoms with Gasteiger partial charge in [-0.15, -0.1) is 0 Å². The number of imidazole rings is 1. The Labute approximate surface area is 217 Å². The molecule has 1 atom stereocenters. The molecular weight excluding hydrogens is 462 g/mol. The zero-order valence-electron chi connectivity index (χ0n) is 21.2. The number of hydrogen-bond acceptors (Lipinski definition) is 4. The summed E-state index contributed by atoms with van der Waals surface area (Å²) in [4.78, 5) is 37.5. The van der Waals surface area contributed by atoms with Gasteiger partial charge in [0.05, 0.1) is 11.9 Å². The Morgan fingerprint density at radius 1 is 1.00 bits per heavy atom. The van der Waals surface area contributed by atoms with Crippen molar-refractivity contribution < 1.29 is 9.59 Å². The van der Waals surface area contributed by atoms with E-state index in [2.05, 4.69) is 45.5 Å². The molecule has 4 aromatic rings. The second kappa shape index (κ2) is 11.4. The fourth-order valence-corrected chi connectivity index (χ4v) is 4.92. The summed E-state index contributed by atoms with van der Waals surface area (Å²) in [7, 11) is 0. The standard InChI is InChI=1S/C30H33N5O2/c1-2-26(36)13-8-16-34-17-18-35(30(37)32-25-11-4-3-5-12-25)28(21-34)29-31-20-27(33-29)24-15-14-22-9-6-7-10-23(22)19-24/h3-7,9-12,14-15,19-20,28H,2,8,13,16-18,21H2,1H3,(H,31,33)(H,32,37). The number of carbonyl (C=O) groups excluding carboxylic acids is 2. The maximum atomic E-state index is 13.3. The van der Waals surface area contributed by atoms with Gasteiger partial charge >= 0.3 is 6.03 Å². The van der Waals surface area contributed by atoms with Gasteiger partial charge in [-0.25, -0.2) is 9.78 Å². The zero-order chi connectivity index (χ0) is 25.6. The van der Waals surface area contributed by atoms with Crippen LogP contribution >= 0.6 is 0 Å². The van der Waals surface area contributed by atoms with Crippen molar-refractivity contribution >= 4 is 28.3 Å². The molecule has 2 heterocycles. The number of Topliss-reactive ketones (excluding diaryl/α,β-unsaturated/α-hetero) is 1. The molecule has 3 aromatic carbocycles. The van der Waals surface area contributed by atoms with Gasteiger partial charge in [0.2, 0.25) is 0 Å². The molecule has 190 valence electrons. The van der Waals surface area contributed by atoms with E-state index in [4.69, 9.17) is 4.98 Å². The number of nitrogens with one attached hydrogen (secondary N) is 2. The number of urea groups is 1. The summed E-state index contributed by atoms with van der Waals surface area (Å²) < 4.78 is 0. The van der Waals surface area contributed by atoms with Crippen LogP contribution < -0.4 is 5.32 Å². The quantitative estimate of drug-likeness (QED) is 0.320. The smallest absolute Gasteiger partial charge is 0.322 e. The number of aromatic nitrogens is 2. The maximum absolute atomic E-state index is 13.3. The molecule has 0 spiro atoms. The number of amides is 2. The Morgan fingerprint density at radius 3 is 2.59 bits per heavy atom. The molecule has 5 rings (SSSR count). The average molecular weight is 496 g/mol. The van der Waals surface area contributed by atoms with Gasteiger partial charge in [0, 0.05) is 43.7 Å². The summed E-state index contributed by atoms with van der Waals surface area (Å²) in [5.41, 5.74) is 2.75. The molecule has 1 aliphatic rings. The van der Waals surface area contributed by atoms with Crippen molar-refractivity contribution in [2.45, 2.75) is 32.2 Å². The van der Waals surface area contributed by atoms with Crippen LogP contribution in [0.25, 0.3) is 22.0 Å². The van der Waals surface area contributed by atoms with Crippen LogP contribution in [0.3, 0.4) is 0 Å². The molecule has 7 heteroatoms. The first kappa shape index (κ1) is 24.7. The van der Waals surface area contributed by atoms with E-state index in [1.165, 1.54) is 10.8 Å². The molecule has 2 amide bonds. The molecular formula is C30H33N5O2. The molecule has 1 unspecified atom stereocenters. The lowest BCUT2D eigenvalue weighted by Crippen LogP contribution is -2.52. The summed E-state index contributed by atoms with van der Waals surface area (Å²) in [6.07, 6.45) is 3.87. The van der Waals surface area contributed by atoms with E-state index < -0.39 is 0 Å². The molecule has 2 N–H and O–H groups in total. The first-order valence-electron chi connectivity index (χ1n) is 13.0. The van der Waals surface area contributed by atoms with Crippen LogP contribution in [0.1, 0.15) is 38.1 Å². The molecule has 1 saturated heterocycles. The van der Waals surface area contributed by atoms with E-state index in [-0.39, 0.29) is 12.1 Å². The summed E-state index contributed by atoms with van der Waals surface area (Å²) >= 11 is 0. The minimum Gasteiger partial charge on any atom is -0.340 e. The summed E-state index contributed by atoms with van der Waals surface area (Å²) in [5.74, 6) is 1.06. The largest absolute Gasteiger partial charge is 0.340 e. The third kappa shape index (κ3) is 5.89. The first-order valence-corrected chi connectivity index (χ1v) is 13.0. The van der Waals surface area contributed by atoms with Crippen LogP contribution in [0.4, 0.5) is 10.5 Å². The highest BCUT2D eigenvalue weighted by atomic mass is 16.2. The number of rotatable bonds is 8. The highest BCUT2D eigenvalue weighted by Crippen LogP contribution is 2.28. The number of hydrogen-bond donors (Lipinski definition) is 2. The number of nitrogens with zero attached hydrogens (tertiary/aromatic N) is 3. The number of fused-ring (bicyclic) bond motifs is 1. The third-order valence-electron chi connectivity index (χ3n) is 7.05. The Bertz CT molecular complexity index is 1370. The number of ketones is 1. The molecule has 37 heavy (non-hydrogen) atoms. The number of anilines is 1. The molecule has 7 nitrogen and oxygen atoms in total. The highest BCUT2D eigenvalue weighted by molar-refractivity contribution is 5.90. The van der Waals surface area contributed by atoms with Crippen molar-refractivity contribution in [1.82, 2.24) is 19.8 Å². The molecule has 1 aromatic heterocycles. The minimum atomic E-state index is -0.228. The van der Waals surface area contributed by atoms with Crippen LogP contribution in [0, 0.1) is 0 Å². The second-order valence-corrected chi connectivity index (χ2v) is 9.55. The molecule has 0 aliphatic carbocycles. The summed E-state index contributed by atoms with van der Waals surface area (Å²) in [6.45, 7) is 4.74. The lowest BCUT2D eigenvalue weighted by molar-refractivity contribution is -0.118. The Morgan fingerprint density at radius 2 is 1.78 bits per heavy atom. The van der Waals surface area contributed by atoms with E-state index in [1.54, 1.807) is 0 Å². The van der Waals surface area contributed by atoms with Crippen LogP contribution in [-0.2, 0) is 4.79 Å². The second-order valence-electron chi connectivity index (χ2n) is 9.55. The van der Waals surface area contributed by atoms with Gasteiger partial charge in [-0.3, -0.25) is 9.69 Å². The van der Waals surface area contributed by atoms with Gasteiger partial charge in [-0.2, -0.15) is 0 Å². The predicted molar refractivity (Wildman–Crippen MR) is 147 cm³/mol. The van der Waals surface area contributed by atoms with E-state index in [0.717, 1.165) is 42.3 Å². The SMILES string of the molecule is CCC(=O)CCCN1CCN(C(=O)Nc2ccccc2)C(c2ncc(-c3ccc4ccccc4c3)[nH]2)C1. The van der Waals surface area contributed by atoms with E-state index in [9.17, 15) is 9.59 Å². The van der Waals surface area contributed by atoms with Gasteiger partial charge in [0.25, 0.3) is 0 Å². The van der Waals surface area contributed by atoms with E-state index >= 15 is 0 Å². The average Bonchev–Trinajstić information content (AvgIpc) is 3.43. The molecule has 1 fully saturated rings. The van der Waals surface area contributed by atoms with Crippen molar-refractivity contribution in [2.75, 3.05) is 31.5 Å². The molecule has 0 radical (unpaired) electrons. The van der Waals surface area contributed by atoms with Crippen LogP contribution in [0.5, 0.6) is 0 Å². The van der Waals surface area contributed by atoms with Gasteiger partial charge in [0.15, 0.2) is 0 Å². The van der Waals surface area contributed by atoms with Crippen molar-refractivity contribution in [1.29, 1.82) is 0 Å². The molecule has 0 saturated carbocycles. The predicted octanol–water partition coefficient (Wildman–Crippen LogP) is 5.88. The van der Waals surface area contributed by atoms with E-state index in [1.807, 2.05) is 60.5 Å². The number of benzene rings is 3. The zero-order valence-corrected chi connectivity index (χ0v) is 21.2. The first-order chi connectivity index (χ1) is 18.1. The van der Waals surface area contributed by atoms with E-state index in [0.29, 0.717) is 31.7 Å². The van der Waals surface area contributed by atoms with Gasteiger partial charge in [0.1, 0.15) is 17.6 Å². The monoisotopic (exact) mass is 495 g/mol. The van der Waals surface area contributed by atoms with Crippen LogP contribution in [0.2, 0.25) is 0 Å². The fraction of sp³-hybridized carbons (Fsp3) is 0.300. The normalized spacial score (nSPS) is 16.1. The van der Waals surface area contributed by atoms with Gasteiger partial charge in [-0.05, 0) is 41.9 Å². The third-order valence-corrected chi connectivity index (χ3v) is 7.05. The topological polar surface area (TPSA) is 81.3 Å². The molecule has 0 bridgehead atoms. The highest BCUT2D eigenvalue weighted by Gasteiger charge is 2.33. The molecule has 1 aliphatic heterocycles. The van der Waals surface area contributed by atoms with Crippen molar-refractivity contribution in [3.05, 3.63) is 84.8 Å². The maximum Gasteiger partial charge on any atom is 0.322 e. The van der Waals surface area contributed by atoms with Crippen molar-refractivity contribution in [3.8, 4) is 11.3 Å². The Kier molecular flexibility index (Phi) is 7.61. The number of para-hydroxylation sites is 1. The van der Waals surface area contributed by atoms with Crippen LogP contribution in [-0.4, -0.2) is 57.8 Å². The number of H-pyrrole nitrogens is 1. The van der Waals surface area contributed by atoms with Crippen molar-refractivity contribution in [2.24, 2.45) is 0 Å². The van der Waals surface area contributed by atoms with Crippen LogP contribution in [0.15, 0.2) is 79.0 Å². The number of piperazine rings is 1. The number of carbonyl (C=O) groups is 2. The Balaban J connectivity index is 1.37. The van der Waals surface area contributed by atoms with Crippen molar-refractivity contribution in [3.63, 3.8) is 0 Å². The lowest BCUT2D eigenvalue weighted by Gasteiger charge is -2.40. The minimum absolute atomic E-state index is 0.138. The Hall–Kier alpha value is -3.97. The van der Waals surface area contributed by atoms with Gasteiger partial charge < -0.3 is 15.2 Å². The fourth-order valence-electron chi connectivity index (χ4n) is 4.92.